The average Bonchev–Trinajstić information content (AvgIpc) is 3.25. The van der Waals surface area contributed by atoms with Gasteiger partial charge in [-0.25, -0.2) is 0 Å². The fourth-order valence-electron chi connectivity index (χ4n) is 4.94. The molecule has 0 spiro atoms. The standard InChI is InChI=1S/C28H24NO3P/c30-25-17-16-21(20-26(25)31)29-19-18-27(28(29)32)33(22-10-4-1-5-11-22,23-12-6-2-7-13-23)24-14-8-3-9-15-24/h1-17,20,27H,18-19H2,(H-,30,31)/p+1. The highest BCUT2D eigenvalue weighted by Gasteiger charge is 2.58. The van der Waals surface area contributed by atoms with Crippen molar-refractivity contribution in [2.24, 2.45) is 0 Å². The maximum absolute atomic E-state index is 14.1. The molecule has 4 aromatic carbocycles. The first-order valence-corrected chi connectivity index (χ1v) is 12.9. The predicted octanol–water partition coefficient (Wildman–Crippen LogP) is 4.20. The highest BCUT2D eigenvalue weighted by molar-refractivity contribution is 7.97. The SMILES string of the molecule is O=C1C([P+](c2ccccc2)(c2ccccc2)c2ccccc2)CCN1c1ccc(O)c(O)c1. The van der Waals surface area contributed by atoms with E-state index in [1.54, 1.807) is 11.0 Å². The van der Waals surface area contributed by atoms with Gasteiger partial charge in [-0.2, -0.15) is 0 Å². The van der Waals surface area contributed by atoms with E-state index in [0.717, 1.165) is 0 Å². The molecule has 1 heterocycles. The molecule has 0 aliphatic carbocycles. The van der Waals surface area contributed by atoms with Crippen LogP contribution in [0.15, 0.2) is 109 Å². The summed E-state index contributed by atoms with van der Waals surface area (Å²) in [5.41, 5.74) is 0.366. The van der Waals surface area contributed by atoms with Crippen LogP contribution in [0.2, 0.25) is 0 Å². The number of benzene rings is 4. The van der Waals surface area contributed by atoms with E-state index in [-0.39, 0.29) is 23.1 Å². The number of anilines is 1. The Morgan fingerprint density at radius 2 is 1.15 bits per heavy atom. The van der Waals surface area contributed by atoms with Crippen molar-refractivity contribution >= 4 is 34.8 Å². The van der Waals surface area contributed by atoms with Crippen LogP contribution < -0.4 is 20.8 Å². The van der Waals surface area contributed by atoms with Gasteiger partial charge in [-0.05, 0) is 48.5 Å². The third kappa shape index (κ3) is 3.57. The molecule has 33 heavy (non-hydrogen) atoms. The van der Waals surface area contributed by atoms with Crippen LogP contribution in [0, 0.1) is 0 Å². The fraction of sp³-hybridized carbons (Fsp3) is 0.107. The second-order valence-electron chi connectivity index (χ2n) is 8.20. The highest BCUT2D eigenvalue weighted by Crippen LogP contribution is 2.62. The van der Waals surface area contributed by atoms with Crippen molar-refractivity contribution in [1.29, 1.82) is 0 Å². The van der Waals surface area contributed by atoms with Gasteiger partial charge in [0.1, 0.15) is 23.2 Å². The van der Waals surface area contributed by atoms with Crippen LogP contribution in [0.3, 0.4) is 0 Å². The Morgan fingerprint density at radius 3 is 1.61 bits per heavy atom. The zero-order valence-electron chi connectivity index (χ0n) is 18.1. The summed E-state index contributed by atoms with van der Waals surface area (Å²) >= 11 is 0. The lowest BCUT2D eigenvalue weighted by Crippen LogP contribution is -2.42. The Bertz CT molecular complexity index is 1170. The number of rotatable bonds is 5. The molecular weight excluding hydrogens is 429 g/mol. The highest BCUT2D eigenvalue weighted by atomic mass is 31.2. The number of hydrogen-bond donors (Lipinski definition) is 2. The van der Waals surface area contributed by atoms with E-state index in [1.165, 1.54) is 28.0 Å². The molecule has 4 nitrogen and oxygen atoms in total. The van der Waals surface area contributed by atoms with Gasteiger partial charge >= 0.3 is 0 Å². The summed E-state index contributed by atoms with van der Waals surface area (Å²) in [4.78, 5) is 15.8. The van der Waals surface area contributed by atoms with Crippen LogP contribution >= 0.6 is 7.26 Å². The quantitative estimate of drug-likeness (QED) is 0.351. The molecule has 2 N–H and O–H groups in total. The zero-order valence-corrected chi connectivity index (χ0v) is 19.0. The Kier molecular flexibility index (Phi) is 5.62. The number of carbonyl (C=O) groups is 1. The lowest BCUT2D eigenvalue weighted by Gasteiger charge is -2.32. The molecule has 0 saturated carbocycles. The van der Waals surface area contributed by atoms with Gasteiger partial charge in [0, 0.05) is 24.7 Å². The number of nitrogens with zero attached hydrogens (tertiary/aromatic N) is 1. The number of phenols is 2. The van der Waals surface area contributed by atoms with Gasteiger partial charge in [-0.15, -0.1) is 0 Å². The summed E-state index contributed by atoms with van der Waals surface area (Å²) in [5, 5.41) is 23.3. The molecular formula is C28H25NO3P+. The van der Waals surface area contributed by atoms with Crippen molar-refractivity contribution in [1.82, 2.24) is 0 Å². The molecule has 0 bridgehead atoms. The molecule has 1 aliphatic rings. The van der Waals surface area contributed by atoms with Gasteiger partial charge in [0.25, 0.3) is 5.91 Å². The van der Waals surface area contributed by atoms with Gasteiger partial charge in [0.15, 0.2) is 17.2 Å². The minimum atomic E-state index is -2.34. The van der Waals surface area contributed by atoms with Crippen LogP contribution in [0.4, 0.5) is 5.69 Å². The van der Waals surface area contributed by atoms with E-state index in [1.807, 2.05) is 54.6 Å². The van der Waals surface area contributed by atoms with E-state index in [9.17, 15) is 15.0 Å². The Labute approximate surface area is 194 Å². The fourth-order valence-corrected chi connectivity index (χ4v) is 9.81. The van der Waals surface area contributed by atoms with Gasteiger partial charge in [0.05, 0.1) is 0 Å². The summed E-state index contributed by atoms with van der Waals surface area (Å²) in [5.74, 6) is -0.370. The first kappa shape index (κ1) is 21.2. The van der Waals surface area contributed by atoms with Crippen molar-refractivity contribution < 1.29 is 15.0 Å². The Hall–Kier alpha value is -3.62. The second-order valence-corrected chi connectivity index (χ2v) is 11.8. The van der Waals surface area contributed by atoms with Crippen LogP contribution in [0.1, 0.15) is 6.42 Å². The van der Waals surface area contributed by atoms with Crippen LogP contribution in [-0.4, -0.2) is 28.3 Å². The average molecular weight is 454 g/mol. The molecule has 0 radical (unpaired) electrons. The first-order chi connectivity index (χ1) is 16.1. The monoisotopic (exact) mass is 454 g/mol. The molecule has 1 unspecified atom stereocenters. The topological polar surface area (TPSA) is 60.8 Å². The van der Waals surface area contributed by atoms with Crippen molar-refractivity contribution in [3.8, 4) is 11.5 Å². The molecule has 1 atom stereocenters. The smallest absolute Gasteiger partial charge is 0.268 e. The van der Waals surface area contributed by atoms with Crippen molar-refractivity contribution in [2.75, 3.05) is 11.4 Å². The van der Waals surface area contributed by atoms with E-state index in [4.69, 9.17) is 0 Å². The third-order valence-electron chi connectivity index (χ3n) is 6.41. The number of carbonyl (C=O) groups excluding carboxylic acids is 1. The maximum atomic E-state index is 14.1. The predicted molar refractivity (Wildman–Crippen MR) is 136 cm³/mol. The van der Waals surface area contributed by atoms with Crippen LogP contribution in [-0.2, 0) is 4.79 Å². The minimum absolute atomic E-state index is 0.0463. The number of amides is 1. The van der Waals surface area contributed by atoms with Crippen molar-refractivity contribution in [2.45, 2.75) is 12.1 Å². The first-order valence-electron chi connectivity index (χ1n) is 11.0. The van der Waals surface area contributed by atoms with Crippen LogP contribution in [0.25, 0.3) is 0 Å². The summed E-state index contributed by atoms with van der Waals surface area (Å²) in [7, 11) is -2.34. The van der Waals surface area contributed by atoms with Gasteiger partial charge in [-0.1, -0.05) is 54.6 Å². The minimum Gasteiger partial charge on any atom is -0.504 e. The number of phenolic OH excluding ortho intramolecular Hbond substituents is 2. The number of aromatic hydroxyl groups is 2. The molecule has 1 amide bonds. The molecule has 5 rings (SSSR count). The molecule has 4 aromatic rings. The number of hydrogen-bond acceptors (Lipinski definition) is 3. The normalized spacial score (nSPS) is 16.2. The molecule has 0 aromatic heterocycles. The van der Waals surface area contributed by atoms with Crippen molar-refractivity contribution in [3.05, 3.63) is 109 Å². The molecule has 1 saturated heterocycles. The Morgan fingerprint density at radius 1 is 0.667 bits per heavy atom. The summed E-state index contributed by atoms with van der Waals surface area (Å²) < 4.78 is 0. The van der Waals surface area contributed by atoms with E-state index >= 15 is 0 Å². The summed E-state index contributed by atoms with van der Waals surface area (Å²) in [6.45, 7) is 0.558. The Balaban J connectivity index is 1.71. The maximum Gasteiger partial charge on any atom is 0.268 e. The van der Waals surface area contributed by atoms with Gasteiger partial charge in [-0.3, -0.25) is 4.79 Å². The lowest BCUT2D eigenvalue weighted by molar-refractivity contribution is -0.116. The second kappa shape index (κ2) is 8.73. The zero-order chi connectivity index (χ0) is 22.8. The molecule has 164 valence electrons. The largest absolute Gasteiger partial charge is 0.504 e. The van der Waals surface area contributed by atoms with E-state index in [0.29, 0.717) is 18.7 Å². The lowest BCUT2D eigenvalue weighted by atomic mass is 10.2. The molecule has 1 fully saturated rings. The summed E-state index contributed by atoms with van der Waals surface area (Å²) in [6, 6.07) is 35.8. The van der Waals surface area contributed by atoms with Gasteiger partial charge < -0.3 is 15.1 Å². The van der Waals surface area contributed by atoms with E-state index < -0.39 is 7.26 Å². The van der Waals surface area contributed by atoms with Crippen LogP contribution in [0.5, 0.6) is 11.5 Å². The third-order valence-corrected chi connectivity index (χ3v) is 11.2. The molecule has 1 aliphatic heterocycles. The molecule has 5 heteroatoms. The van der Waals surface area contributed by atoms with Crippen molar-refractivity contribution in [3.63, 3.8) is 0 Å². The summed E-state index contributed by atoms with van der Waals surface area (Å²) in [6.07, 6.45) is 0.701. The van der Waals surface area contributed by atoms with E-state index in [2.05, 4.69) is 36.4 Å². The van der Waals surface area contributed by atoms with Gasteiger partial charge in [0.2, 0.25) is 0 Å².